The topological polar surface area (TPSA) is 56.1 Å². The van der Waals surface area contributed by atoms with Gasteiger partial charge in [0, 0.05) is 12.1 Å². The summed E-state index contributed by atoms with van der Waals surface area (Å²) < 4.78 is 0. The molecule has 1 aromatic carbocycles. The Hall–Kier alpha value is -1.86. The third kappa shape index (κ3) is 2.83. The van der Waals surface area contributed by atoms with Gasteiger partial charge < -0.3 is 10.2 Å². The second-order valence-electron chi connectivity index (χ2n) is 5.66. The fourth-order valence-electron chi connectivity index (χ4n) is 2.65. The van der Waals surface area contributed by atoms with Crippen molar-refractivity contribution >= 4 is 5.91 Å². The minimum absolute atomic E-state index is 0.0757. The molecule has 0 radical (unpaired) electrons. The molecule has 1 atom stereocenters. The molecular weight excluding hydrogens is 250 g/mol. The van der Waals surface area contributed by atoms with Crippen LogP contribution in [0, 0.1) is 11.3 Å². The van der Waals surface area contributed by atoms with E-state index in [2.05, 4.69) is 16.3 Å². The highest BCUT2D eigenvalue weighted by molar-refractivity contribution is 5.86. The predicted octanol–water partition coefficient (Wildman–Crippen LogP) is 1.89. The highest BCUT2D eigenvalue weighted by Gasteiger charge is 2.39. The number of amides is 1. The van der Waals surface area contributed by atoms with Crippen LogP contribution in [0.15, 0.2) is 30.3 Å². The van der Waals surface area contributed by atoms with Crippen molar-refractivity contribution in [2.24, 2.45) is 0 Å². The molecule has 20 heavy (non-hydrogen) atoms. The average Bonchev–Trinajstić information content (AvgIpc) is 2.39. The van der Waals surface area contributed by atoms with Crippen LogP contribution in [-0.2, 0) is 4.79 Å². The van der Waals surface area contributed by atoms with Crippen molar-refractivity contribution in [3.63, 3.8) is 0 Å². The standard InChI is InChI=1S/C16H21N3O/c1-19(2)16(9-6-10-16)12-18-15(20)14(11-17)13-7-4-3-5-8-13/h3-5,7-8,14H,6,9-10,12H2,1-2H3,(H,18,20). The Morgan fingerprint density at radius 3 is 2.50 bits per heavy atom. The van der Waals surface area contributed by atoms with Gasteiger partial charge in [0.2, 0.25) is 5.91 Å². The number of hydrogen-bond acceptors (Lipinski definition) is 3. The van der Waals surface area contributed by atoms with Crippen LogP contribution >= 0.6 is 0 Å². The monoisotopic (exact) mass is 271 g/mol. The maximum atomic E-state index is 12.2. The fourth-order valence-corrected chi connectivity index (χ4v) is 2.65. The number of nitrogens with one attached hydrogen (secondary N) is 1. The van der Waals surface area contributed by atoms with E-state index in [0.29, 0.717) is 6.54 Å². The predicted molar refractivity (Wildman–Crippen MR) is 78.1 cm³/mol. The van der Waals surface area contributed by atoms with Crippen LogP contribution < -0.4 is 5.32 Å². The lowest BCUT2D eigenvalue weighted by Gasteiger charge is -2.47. The summed E-state index contributed by atoms with van der Waals surface area (Å²) in [5, 5.41) is 12.2. The molecule has 1 saturated carbocycles. The normalized spacial score (nSPS) is 17.9. The summed E-state index contributed by atoms with van der Waals surface area (Å²) in [6.45, 7) is 0.615. The van der Waals surface area contributed by atoms with E-state index in [1.807, 2.05) is 44.4 Å². The molecule has 1 N–H and O–H groups in total. The molecule has 1 aliphatic rings. The van der Waals surface area contributed by atoms with Gasteiger partial charge in [0.05, 0.1) is 6.07 Å². The summed E-state index contributed by atoms with van der Waals surface area (Å²) in [7, 11) is 4.09. The van der Waals surface area contributed by atoms with Crippen LogP contribution in [0.3, 0.4) is 0 Å². The minimum atomic E-state index is -0.726. The molecule has 1 unspecified atom stereocenters. The third-order valence-electron chi connectivity index (χ3n) is 4.35. The number of benzene rings is 1. The average molecular weight is 271 g/mol. The van der Waals surface area contributed by atoms with E-state index in [4.69, 9.17) is 0 Å². The molecule has 0 aliphatic heterocycles. The first-order valence-electron chi connectivity index (χ1n) is 6.99. The van der Waals surface area contributed by atoms with Crippen molar-refractivity contribution in [2.75, 3.05) is 20.6 Å². The van der Waals surface area contributed by atoms with E-state index < -0.39 is 5.92 Å². The first kappa shape index (κ1) is 14.5. The lowest BCUT2D eigenvalue weighted by atomic mass is 9.75. The van der Waals surface area contributed by atoms with Crippen LogP contribution in [0.25, 0.3) is 0 Å². The van der Waals surface area contributed by atoms with E-state index >= 15 is 0 Å². The van der Waals surface area contributed by atoms with Crippen LogP contribution in [0.5, 0.6) is 0 Å². The molecule has 4 nitrogen and oxygen atoms in total. The van der Waals surface area contributed by atoms with E-state index in [1.165, 1.54) is 6.42 Å². The third-order valence-corrected chi connectivity index (χ3v) is 4.35. The van der Waals surface area contributed by atoms with E-state index in [9.17, 15) is 10.1 Å². The lowest BCUT2D eigenvalue weighted by Crippen LogP contribution is -2.57. The molecule has 4 heteroatoms. The summed E-state index contributed by atoms with van der Waals surface area (Å²) in [6, 6.07) is 11.3. The number of carbonyl (C=O) groups is 1. The van der Waals surface area contributed by atoms with Gasteiger partial charge in [0.1, 0.15) is 5.92 Å². The number of carbonyl (C=O) groups excluding carboxylic acids is 1. The molecule has 2 rings (SSSR count). The van der Waals surface area contributed by atoms with Crippen molar-refractivity contribution in [3.05, 3.63) is 35.9 Å². The van der Waals surface area contributed by atoms with Crippen LogP contribution in [0.1, 0.15) is 30.7 Å². The molecule has 0 spiro atoms. The molecule has 0 saturated heterocycles. The van der Waals surface area contributed by atoms with Gasteiger partial charge in [-0.05, 0) is 38.9 Å². The van der Waals surface area contributed by atoms with Gasteiger partial charge in [0.15, 0.2) is 0 Å². The summed E-state index contributed by atoms with van der Waals surface area (Å²) in [6.07, 6.45) is 3.40. The van der Waals surface area contributed by atoms with Gasteiger partial charge in [-0.3, -0.25) is 4.79 Å². The van der Waals surface area contributed by atoms with E-state index in [0.717, 1.165) is 18.4 Å². The highest BCUT2D eigenvalue weighted by atomic mass is 16.1. The lowest BCUT2D eigenvalue weighted by molar-refractivity contribution is -0.122. The summed E-state index contributed by atoms with van der Waals surface area (Å²) in [5.41, 5.74) is 0.826. The molecule has 1 fully saturated rings. The highest BCUT2D eigenvalue weighted by Crippen LogP contribution is 2.35. The van der Waals surface area contributed by atoms with Crippen molar-refractivity contribution in [2.45, 2.75) is 30.7 Å². The van der Waals surface area contributed by atoms with Gasteiger partial charge in [-0.25, -0.2) is 0 Å². The number of likely N-dealkylation sites (N-methyl/N-ethyl adjacent to an activating group) is 1. The first-order chi connectivity index (χ1) is 9.59. The Balaban J connectivity index is 1.99. The molecule has 1 aliphatic carbocycles. The van der Waals surface area contributed by atoms with Gasteiger partial charge in [0.25, 0.3) is 0 Å². The first-order valence-corrected chi connectivity index (χ1v) is 6.99. The number of nitrogens with zero attached hydrogens (tertiary/aromatic N) is 2. The zero-order valence-electron chi connectivity index (χ0n) is 12.1. The Labute approximate surface area is 120 Å². The maximum absolute atomic E-state index is 12.2. The summed E-state index contributed by atoms with van der Waals surface area (Å²) in [4.78, 5) is 14.4. The smallest absolute Gasteiger partial charge is 0.241 e. The van der Waals surface area contributed by atoms with Crippen molar-refractivity contribution in [1.82, 2.24) is 10.2 Å². The van der Waals surface area contributed by atoms with Gasteiger partial charge in [-0.2, -0.15) is 5.26 Å². The molecule has 106 valence electrons. The minimum Gasteiger partial charge on any atom is -0.353 e. The Morgan fingerprint density at radius 2 is 2.05 bits per heavy atom. The zero-order chi connectivity index (χ0) is 14.6. The maximum Gasteiger partial charge on any atom is 0.241 e. The van der Waals surface area contributed by atoms with Crippen LogP contribution in [0.2, 0.25) is 0 Å². The SMILES string of the molecule is CN(C)C1(CNC(=O)C(C#N)c2ccccc2)CCC1. The second-order valence-corrected chi connectivity index (χ2v) is 5.66. The van der Waals surface area contributed by atoms with Crippen molar-refractivity contribution in [3.8, 4) is 6.07 Å². The Kier molecular flexibility index (Phi) is 4.41. The Morgan fingerprint density at radius 1 is 1.40 bits per heavy atom. The molecular formula is C16H21N3O. The summed E-state index contributed by atoms with van der Waals surface area (Å²) in [5.74, 6) is -0.928. The van der Waals surface area contributed by atoms with Crippen molar-refractivity contribution in [1.29, 1.82) is 5.26 Å². The van der Waals surface area contributed by atoms with Crippen LogP contribution in [-0.4, -0.2) is 37.0 Å². The fraction of sp³-hybridized carbons (Fsp3) is 0.500. The quantitative estimate of drug-likeness (QED) is 0.890. The number of nitriles is 1. The van der Waals surface area contributed by atoms with Crippen molar-refractivity contribution < 1.29 is 4.79 Å². The zero-order valence-corrected chi connectivity index (χ0v) is 12.1. The molecule has 0 heterocycles. The summed E-state index contributed by atoms with van der Waals surface area (Å²) >= 11 is 0. The van der Waals surface area contributed by atoms with Crippen LogP contribution in [0.4, 0.5) is 0 Å². The molecule has 0 aromatic heterocycles. The molecule has 1 amide bonds. The van der Waals surface area contributed by atoms with Gasteiger partial charge in [-0.1, -0.05) is 30.3 Å². The number of hydrogen-bond donors (Lipinski definition) is 1. The van der Waals surface area contributed by atoms with Gasteiger partial charge >= 0.3 is 0 Å². The van der Waals surface area contributed by atoms with E-state index in [1.54, 1.807) is 0 Å². The largest absolute Gasteiger partial charge is 0.353 e. The molecule has 1 aromatic rings. The van der Waals surface area contributed by atoms with E-state index in [-0.39, 0.29) is 11.4 Å². The molecule has 0 bridgehead atoms. The Bertz CT molecular complexity index is 500. The second kappa shape index (κ2) is 6.06. The van der Waals surface area contributed by atoms with Gasteiger partial charge in [-0.15, -0.1) is 0 Å². The number of rotatable bonds is 5.